The number of likely N-dealkylation sites (N-methyl/N-ethyl adjacent to an activating group) is 1. The molecule has 1 fully saturated rings. The summed E-state index contributed by atoms with van der Waals surface area (Å²) in [6.45, 7) is 5.18. The molecular weight excluding hydrogens is 234 g/mol. The number of piperidine rings is 1. The molecular formula is C12H23N3O3. The average molecular weight is 257 g/mol. The quantitative estimate of drug-likeness (QED) is 0.736. The predicted octanol–water partition coefficient (Wildman–Crippen LogP) is 0.191. The smallest absolute Gasteiger partial charge is 0.413 e. The van der Waals surface area contributed by atoms with E-state index < -0.39 is 6.09 Å². The van der Waals surface area contributed by atoms with Crippen LogP contribution in [0, 0.1) is 5.92 Å². The summed E-state index contributed by atoms with van der Waals surface area (Å²) in [5.74, 6) is 0.316. The molecule has 1 aliphatic heterocycles. The van der Waals surface area contributed by atoms with Crippen molar-refractivity contribution in [2.75, 3.05) is 39.8 Å². The Bertz CT molecular complexity index is 278. The fourth-order valence-electron chi connectivity index (χ4n) is 2.14. The van der Waals surface area contributed by atoms with E-state index in [1.54, 1.807) is 6.92 Å². The summed E-state index contributed by atoms with van der Waals surface area (Å²) in [5.41, 5.74) is 0. The van der Waals surface area contributed by atoms with E-state index in [1.807, 2.05) is 11.9 Å². The van der Waals surface area contributed by atoms with Gasteiger partial charge in [-0.3, -0.25) is 15.0 Å². The first-order valence-corrected chi connectivity index (χ1v) is 6.47. The first-order chi connectivity index (χ1) is 8.61. The summed E-state index contributed by atoms with van der Waals surface area (Å²) < 4.78 is 4.65. The van der Waals surface area contributed by atoms with Crippen LogP contribution >= 0.6 is 0 Å². The summed E-state index contributed by atoms with van der Waals surface area (Å²) in [5, 5.41) is 5.50. The van der Waals surface area contributed by atoms with E-state index in [4.69, 9.17) is 0 Å². The number of imide groups is 1. The van der Waals surface area contributed by atoms with Gasteiger partial charge in [0.05, 0.1) is 13.2 Å². The lowest BCUT2D eigenvalue weighted by molar-refractivity contribution is -0.121. The lowest BCUT2D eigenvalue weighted by atomic mass is 9.98. The third-order valence-electron chi connectivity index (χ3n) is 2.96. The third-order valence-corrected chi connectivity index (χ3v) is 2.96. The van der Waals surface area contributed by atoms with Crippen LogP contribution in [0.15, 0.2) is 0 Å². The fourth-order valence-corrected chi connectivity index (χ4v) is 2.14. The Morgan fingerprint density at radius 2 is 2.06 bits per heavy atom. The van der Waals surface area contributed by atoms with E-state index in [1.165, 1.54) is 0 Å². The second-order valence-electron chi connectivity index (χ2n) is 4.66. The van der Waals surface area contributed by atoms with Crippen molar-refractivity contribution in [2.24, 2.45) is 5.92 Å². The van der Waals surface area contributed by atoms with Gasteiger partial charge in [0.15, 0.2) is 0 Å². The molecule has 0 aromatic carbocycles. The van der Waals surface area contributed by atoms with Crippen LogP contribution < -0.4 is 10.6 Å². The van der Waals surface area contributed by atoms with Crippen LogP contribution in [0.1, 0.15) is 19.8 Å². The Morgan fingerprint density at radius 1 is 1.39 bits per heavy atom. The highest BCUT2D eigenvalue weighted by molar-refractivity contribution is 5.92. The number of nitrogens with zero attached hydrogens (tertiary/aromatic N) is 1. The zero-order valence-corrected chi connectivity index (χ0v) is 11.2. The van der Waals surface area contributed by atoms with Gasteiger partial charge in [0.2, 0.25) is 5.91 Å². The molecule has 0 saturated carbocycles. The van der Waals surface area contributed by atoms with E-state index >= 15 is 0 Å². The number of hydrogen-bond donors (Lipinski definition) is 2. The highest BCUT2D eigenvalue weighted by Gasteiger charge is 2.17. The predicted molar refractivity (Wildman–Crippen MR) is 68.3 cm³/mol. The van der Waals surface area contributed by atoms with Gasteiger partial charge in [-0.25, -0.2) is 4.79 Å². The Hall–Kier alpha value is -1.14. The number of ether oxygens (including phenoxy) is 1. The second-order valence-corrected chi connectivity index (χ2v) is 4.66. The molecule has 6 heteroatoms. The normalized spacial score (nSPS) is 16.6. The standard InChI is InChI=1S/C12H23N3O3/c1-3-18-12(17)14-11(16)9-15(2)8-10-4-6-13-7-5-10/h10,13H,3-9H2,1-2H3,(H,14,16,17). The summed E-state index contributed by atoms with van der Waals surface area (Å²) in [4.78, 5) is 24.5. The highest BCUT2D eigenvalue weighted by Crippen LogP contribution is 2.12. The van der Waals surface area contributed by atoms with Crippen molar-refractivity contribution in [1.29, 1.82) is 0 Å². The maximum absolute atomic E-state index is 11.5. The monoisotopic (exact) mass is 257 g/mol. The van der Waals surface area contributed by atoms with Crippen molar-refractivity contribution in [3.8, 4) is 0 Å². The number of carbonyl (C=O) groups is 2. The van der Waals surface area contributed by atoms with Gasteiger partial charge in [-0.1, -0.05) is 0 Å². The molecule has 1 heterocycles. The molecule has 1 aliphatic rings. The lowest BCUT2D eigenvalue weighted by Gasteiger charge is -2.27. The average Bonchev–Trinajstić information content (AvgIpc) is 2.29. The van der Waals surface area contributed by atoms with Gasteiger partial charge in [0.25, 0.3) is 0 Å². The van der Waals surface area contributed by atoms with Gasteiger partial charge in [-0.05, 0) is 45.8 Å². The molecule has 0 bridgehead atoms. The van der Waals surface area contributed by atoms with E-state index in [0.29, 0.717) is 5.92 Å². The van der Waals surface area contributed by atoms with Gasteiger partial charge < -0.3 is 10.1 Å². The maximum Gasteiger partial charge on any atom is 0.413 e. The maximum atomic E-state index is 11.5. The largest absolute Gasteiger partial charge is 0.450 e. The third kappa shape index (κ3) is 5.97. The molecule has 2 amide bonds. The molecule has 6 nitrogen and oxygen atoms in total. The molecule has 2 N–H and O–H groups in total. The van der Waals surface area contributed by atoms with Crippen LogP contribution in [-0.2, 0) is 9.53 Å². The minimum absolute atomic E-state index is 0.225. The summed E-state index contributed by atoms with van der Waals surface area (Å²) in [7, 11) is 1.90. The van der Waals surface area contributed by atoms with Gasteiger partial charge in [0.1, 0.15) is 0 Å². The molecule has 1 rings (SSSR count). The molecule has 0 spiro atoms. The van der Waals surface area contributed by atoms with Crippen molar-refractivity contribution in [3.63, 3.8) is 0 Å². The summed E-state index contributed by atoms with van der Waals surface area (Å²) in [6.07, 6.45) is 1.62. The number of nitrogens with one attached hydrogen (secondary N) is 2. The molecule has 0 aliphatic carbocycles. The van der Waals surface area contributed by atoms with Gasteiger partial charge in [0, 0.05) is 6.54 Å². The Balaban J connectivity index is 2.19. The van der Waals surface area contributed by atoms with Crippen LogP contribution in [0.5, 0.6) is 0 Å². The molecule has 0 unspecified atom stereocenters. The van der Waals surface area contributed by atoms with Crippen LogP contribution in [0.25, 0.3) is 0 Å². The van der Waals surface area contributed by atoms with Crippen LogP contribution in [-0.4, -0.2) is 56.7 Å². The Morgan fingerprint density at radius 3 is 2.67 bits per heavy atom. The minimum atomic E-state index is -0.669. The zero-order valence-electron chi connectivity index (χ0n) is 11.2. The number of amides is 2. The summed E-state index contributed by atoms with van der Waals surface area (Å²) in [6, 6.07) is 0. The van der Waals surface area contributed by atoms with Gasteiger partial charge in [-0.15, -0.1) is 0 Å². The van der Waals surface area contributed by atoms with E-state index in [9.17, 15) is 9.59 Å². The van der Waals surface area contributed by atoms with E-state index in [0.717, 1.165) is 32.5 Å². The van der Waals surface area contributed by atoms with Crippen molar-refractivity contribution >= 4 is 12.0 Å². The molecule has 104 valence electrons. The first-order valence-electron chi connectivity index (χ1n) is 6.47. The highest BCUT2D eigenvalue weighted by atomic mass is 16.5. The van der Waals surface area contributed by atoms with E-state index in [2.05, 4.69) is 15.4 Å². The number of alkyl carbamates (subject to hydrolysis) is 1. The molecule has 1 saturated heterocycles. The zero-order chi connectivity index (χ0) is 13.4. The van der Waals surface area contributed by atoms with Crippen LogP contribution in [0.3, 0.4) is 0 Å². The topological polar surface area (TPSA) is 70.7 Å². The molecule has 0 atom stereocenters. The van der Waals surface area contributed by atoms with Crippen molar-refractivity contribution in [1.82, 2.24) is 15.5 Å². The first kappa shape index (κ1) is 14.9. The molecule has 0 aromatic heterocycles. The Labute approximate surface area is 108 Å². The van der Waals surface area contributed by atoms with Crippen LogP contribution in [0.2, 0.25) is 0 Å². The Kier molecular flexibility index (Phi) is 6.67. The van der Waals surface area contributed by atoms with Crippen molar-refractivity contribution < 1.29 is 14.3 Å². The number of hydrogen-bond acceptors (Lipinski definition) is 5. The second kappa shape index (κ2) is 8.05. The fraction of sp³-hybridized carbons (Fsp3) is 0.833. The SMILES string of the molecule is CCOC(=O)NC(=O)CN(C)CC1CCNCC1. The number of carbonyl (C=O) groups excluding carboxylic acids is 2. The van der Waals surface area contributed by atoms with Gasteiger partial charge in [-0.2, -0.15) is 0 Å². The van der Waals surface area contributed by atoms with Gasteiger partial charge >= 0.3 is 6.09 Å². The minimum Gasteiger partial charge on any atom is -0.450 e. The van der Waals surface area contributed by atoms with Crippen molar-refractivity contribution in [2.45, 2.75) is 19.8 Å². The van der Waals surface area contributed by atoms with Crippen LogP contribution in [0.4, 0.5) is 4.79 Å². The van der Waals surface area contributed by atoms with Crippen molar-refractivity contribution in [3.05, 3.63) is 0 Å². The molecule has 0 aromatic rings. The number of rotatable bonds is 5. The van der Waals surface area contributed by atoms with E-state index in [-0.39, 0.29) is 19.1 Å². The molecule has 0 radical (unpaired) electrons. The molecule has 18 heavy (non-hydrogen) atoms. The summed E-state index contributed by atoms with van der Waals surface area (Å²) >= 11 is 0. The lowest BCUT2D eigenvalue weighted by Crippen LogP contribution is -2.41.